The zero-order chi connectivity index (χ0) is 15.4. The van der Waals surface area contributed by atoms with Gasteiger partial charge in [0.05, 0.1) is 12.5 Å². The molecule has 0 saturated carbocycles. The van der Waals surface area contributed by atoms with Crippen molar-refractivity contribution in [2.45, 2.75) is 19.4 Å². The van der Waals surface area contributed by atoms with Gasteiger partial charge in [0.25, 0.3) is 0 Å². The minimum Gasteiger partial charge on any atom is -0.472 e. The van der Waals surface area contributed by atoms with Crippen LogP contribution in [0.25, 0.3) is 16.2 Å². The molecule has 0 fully saturated rings. The standard InChI is InChI=1S/C18H17NO2S/c1-13(19-18(20)7-6-14-8-9-21-11-14)10-15-12-22-17-5-3-2-4-16(15)17/h2-9,11-13H,10H2,1H3,(H,19,20)/b7-6+/t13-/m1/s1. The van der Waals surface area contributed by atoms with Crippen molar-refractivity contribution in [1.82, 2.24) is 5.32 Å². The molecular weight excluding hydrogens is 294 g/mol. The summed E-state index contributed by atoms with van der Waals surface area (Å²) in [5.41, 5.74) is 2.17. The molecule has 0 aliphatic carbocycles. The van der Waals surface area contributed by atoms with Gasteiger partial charge in [-0.15, -0.1) is 11.3 Å². The van der Waals surface area contributed by atoms with Crippen molar-refractivity contribution >= 4 is 33.4 Å². The molecule has 0 radical (unpaired) electrons. The fourth-order valence-corrected chi connectivity index (χ4v) is 3.38. The highest BCUT2D eigenvalue weighted by Crippen LogP contribution is 2.26. The van der Waals surface area contributed by atoms with E-state index in [0.29, 0.717) is 0 Å². The Morgan fingerprint density at radius 1 is 1.36 bits per heavy atom. The van der Waals surface area contributed by atoms with Crippen molar-refractivity contribution in [2.24, 2.45) is 0 Å². The zero-order valence-corrected chi connectivity index (χ0v) is 13.1. The molecule has 112 valence electrons. The first kappa shape index (κ1) is 14.6. The number of carbonyl (C=O) groups excluding carboxylic acids is 1. The molecule has 0 spiro atoms. The maximum atomic E-state index is 11.9. The third kappa shape index (κ3) is 3.46. The molecule has 3 nitrogen and oxygen atoms in total. The predicted molar refractivity (Wildman–Crippen MR) is 90.9 cm³/mol. The summed E-state index contributed by atoms with van der Waals surface area (Å²) in [4.78, 5) is 11.9. The number of furan rings is 1. The van der Waals surface area contributed by atoms with Gasteiger partial charge >= 0.3 is 0 Å². The second-order valence-corrected chi connectivity index (χ2v) is 6.17. The number of rotatable bonds is 5. The van der Waals surface area contributed by atoms with Gasteiger partial charge in [-0.05, 0) is 47.9 Å². The van der Waals surface area contributed by atoms with Gasteiger partial charge in [0.1, 0.15) is 0 Å². The number of fused-ring (bicyclic) bond motifs is 1. The summed E-state index contributed by atoms with van der Waals surface area (Å²) in [5.74, 6) is -0.0896. The summed E-state index contributed by atoms with van der Waals surface area (Å²) in [6, 6.07) is 10.3. The van der Waals surface area contributed by atoms with E-state index in [1.54, 1.807) is 29.9 Å². The van der Waals surface area contributed by atoms with Gasteiger partial charge in [-0.25, -0.2) is 0 Å². The minimum atomic E-state index is -0.0896. The first-order chi connectivity index (χ1) is 10.7. The van der Waals surface area contributed by atoms with E-state index in [2.05, 4.69) is 35.0 Å². The quantitative estimate of drug-likeness (QED) is 0.716. The first-order valence-corrected chi connectivity index (χ1v) is 8.06. The van der Waals surface area contributed by atoms with Crippen molar-refractivity contribution < 1.29 is 9.21 Å². The van der Waals surface area contributed by atoms with Gasteiger partial charge in [0.2, 0.25) is 5.91 Å². The summed E-state index contributed by atoms with van der Waals surface area (Å²) >= 11 is 1.75. The number of hydrogen-bond donors (Lipinski definition) is 1. The molecule has 0 bridgehead atoms. The van der Waals surface area contributed by atoms with Crippen LogP contribution in [0.15, 0.2) is 58.7 Å². The molecule has 0 unspecified atom stereocenters. The lowest BCUT2D eigenvalue weighted by Crippen LogP contribution is -2.32. The molecule has 1 N–H and O–H groups in total. The van der Waals surface area contributed by atoms with Crippen molar-refractivity contribution in [3.63, 3.8) is 0 Å². The number of amides is 1. The van der Waals surface area contributed by atoms with Crippen LogP contribution >= 0.6 is 11.3 Å². The van der Waals surface area contributed by atoms with Crippen LogP contribution in [0.3, 0.4) is 0 Å². The molecule has 4 heteroatoms. The van der Waals surface area contributed by atoms with E-state index >= 15 is 0 Å². The van der Waals surface area contributed by atoms with Gasteiger partial charge in [-0.2, -0.15) is 0 Å². The molecule has 22 heavy (non-hydrogen) atoms. The van der Waals surface area contributed by atoms with Crippen LogP contribution in [0.4, 0.5) is 0 Å². The molecule has 1 amide bonds. The first-order valence-electron chi connectivity index (χ1n) is 7.18. The van der Waals surface area contributed by atoms with Crippen LogP contribution in [0.1, 0.15) is 18.1 Å². The third-order valence-electron chi connectivity index (χ3n) is 3.45. The largest absolute Gasteiger partial charge is 0.472 e. The number of benzene rings is 1. The lowest BCUT2D eigenvalue weighted by Gasteiger charge is -2.11. The molecule has 2 aromatic heterocycles. The molecule has 2 heterocycles. The predicted octanol–water partition coefficient (Wildman–Crippen LogP) is 4.25. The smallest absolute Gasteiger partial charge is 0.244 e. The Balaban J connectivity index is 1.60. The van der Waals surface area contributed by atoms with E-state index in [4.69, 9.17) is 4.42 Å². The highest BCUT2D eigenvalue weighted by molar-refractivity contribution is 7.17. The molecule has 0 saturated heterocycles. The molecular formula is C18H17NO2S. The number of thiophene rings is 1. The minimum absolute atomic E-state index is 0.0829. The van der Waals surface area contributed by atoms with Crippen molar-refractivity contribution in [1.29, 1.82) is 0 Å². The Hall–Kier alpha value is -2.33. The average Bonchev–Trinajstić information content (AvgIpc) is 3.15. The molecule has 1 aromatic carbocycles. The van der Waals surface area contributed by atoms with Gasteiger partial charge < -0.3 is 9.73 Å². The van der Waals surface area contributed by atoms with Gasteiger partial charge in [-0.3, -0.25) is 4.79 Å². The van der Waals surface area contributed by atoms with Crippen LogP contribution < -0.4 is 5.32 Å². The van der Waals surface area contributed by atoms with Gasteiger partial charge in [0, 0.05) is 22.4 Å². The number of nitrogens with one attached hydrogen (secondary N) is 1. The van der Waals surface area contributed by atoms with Gasteiger partial charge in [0.15, 0.2) is 0 Å². The Bertz CT molecular complexity index is 786. The van der Waals surface area contributed by atoms with Crippen molar-refractivity contribution in [3.05, 3.63) is 65.4 Å². The van der Waals surface area contributed by atoms with E-state index in [9.17, 15) is 4.79 Å². The van der Waals surface area contributed by atoms with Crippen LogP contribution in [0.2, 0.25) is 0 Å². The van der Waals surface area contributed by atoms with Crippen molar-refractivity contribution in [3.8, 4) is 0 Å². The van der Waals surface area contributed by atoms with E-state index in [1.165, 1.54) is 21.7 Å². The summed E-state index contributed by atoms with van der Waals surface area (Å²) in [6.07, 6.45) is 7.29. The summed E-state index contributed by atoms with van der Waals surface area (Å²) in [5, 5.41) is 6.45. The van der Waals surface area contributed by atoms with E-state index in [1.807, 2.05) is 13.0 Å². The molecule has 1 atom stereocenters. The second-order valence-electron chi connectivity index (χ2n) is 5.26. The van der Waals surface area contributed by atoms with Crippen molar-refractivity contribution in [2.75, 3.05) is 0 Å². The summed E-state index contributed by atoms with van der Waals surface area (Å²) in [6.45, 7) is 2.02. The highest BCUT2D eigenvalue weighted by Gasteiger charge is 2.09. The average molecular weight is 311 g/mol. The number of hydrogen-bond acceptors (Lipinski definition) is 3. The lowest BCUT2D eigenvalue weighted by molar-refractivity contribution is -0.117. The van der Waals surface area contributed by atoms with Crippen LogP contribution in [-0.2, 0) is 11.2 Å². The number of carbonyl (C=O) groups is 1. The third-order valence-corrected chi connectivity index (χ3v) is 4.46. The SMILES string of the molecule is C[C@H](Cc1csc2ccccc12)NC(=O)/C=C/c1ccoc1. The van der Waals surface area contributed by atoms with Crippen LogP contribution in [-0.4, -0.2) is 11.9 Å². The summed E-state index contributed by atoms with van der Waals surface area (Å²) in [7, 11) is 0. The molecule has 3 aromatic rings. The van der Waals surface area contributed by atoms with E-state index in [0.717, 1.165) is 12.0 Å². The fraction of sp³-hybridized carbons (Fsp3) is 0.167. The topological polar surface area (TPSA) is 42.2 Å². The monoisotopic (exact) mass is 311 g/mol. The van der Waals surface area contributed by atoms with E-state index in [-0.39, 0.29) is 11.9 Å². The van der Waals surface area contributed by atoms with Gasteiger partial charge in [-0.1, -0.05) is 18.2 Å². The molecule has 0 aliphatic rings. The Morgan fingerprint density at radius 2 is 2.23 bits per heavy atom. The van der Waals surface area contributed by atoms with E-state index < -0.39 is 0 Å². The molecule has 3 rings (SSSR count). The fourth-order valence-electron chi connectivity index (χ4n) is 2.40. The highest BCUT2D eigenvalue weighted by atomic mass is 32.1. The second kappa shape index (κ2) is 6.62. The van der Waals surface area contributed by atoms with Crippen LogP contribution in [0.5, 0.6) is 0 Å². The Labute approximate surface area is 133 Å². The maximum Gasteiger partial charge on any atom is 0.244 e. The Morgan fingerprint density at radius 3 is 3.05 bits per heavy atom. The normalized spacial score (nSPS) is 12.8. The summed E-state index contributed by atoms with van der Waals surface area (Å²) < 4.78 is 6.24. The maximum absolute atomic E-state index is 11.9. The Kier molecular flexibility index (Phi) is 4.39. The zero-order valence-electron chi connectivity index (χ0n) is 12.3. The lowest BCUT2D eigenvalue weighted by atomic mass is 10.1. The van der Waals surface area contributed by atoms with Crippen LogP contribution in [0, 0.1) is 0 Å². The molecule has 0 aliphatic heterocycles.